The lowest BCUT2D eigenvalue weighted by Crippen LogP contribution is -2.39. The minimum absolute atomic E-state index is 0.547. The number of aromatic nitrogens is 2. The summed E-state index contributed by atoms with van der Waals surface area (Å²) in [5.74, 6) is 2.16. The Morgan fingerprint density at radius 3 is 2.64 bits per heavy atom. The summed E-state index contributed by atoms with van der Waals surface area (Å²) in [7, 11) is 0. The highest BCUT2D eigenvalue weighted by molar-refractivity contribution is 6.36. The van der Waals surface area contributed by atoms with Gasteiger partial charge in [0.2, 0.25) is 0 Å². The average Bonchev–Trinajstić information content (AvgIpc) is 2.58. The van der Waals surface area contributed by atoms with Crippen LogP contribution in [0.4, 0.5) is 17.3 Å². The van der Waals surface area contributed by atoms with Crippen LogP contribution in [0.2, 0.25) is 10.0 Å². The molecule has 0 amide bonds. The Kier molecular flexibility index (Phi) is 6.31. The number of benzene rings is 1. The van der Waals surface area contributed by atoms with Gasteiger partial charge in [-0.25, -0.2) is 9.97 Å². The summed E-state index contributed by atoms with van der Waals surface area (Å²) >= 11 is 12.1. The molecule has 6 nitrogen and oxygen atoms in total. The number of ether oxygens (including phenoxy) is 1. The molecule has 1 aromatic carbocycles. The number of aryl methyl sites for hydroxylation is 1. The fraction of sp³-hybridized carbons (Fsp3) is 0.412. The van der Waals surface area contributed by atoms with Crippen LogP contribution in [0.3, 0.4) is 0 Å². The van der Waals surface area contributed by atoms with Crippen molar-refractivity contribution in [3.8, 4) is 0 Å². The molecule has 1 fully saturated rings. The SMILES string of the molecule is Cc1nc(NCCN2CCOCC2)cc(Nc2ccc(Cl)cc2Cl)n1. The predicted octanol–water partition coefficient (Wildman–Crippen LogP) is 3.58. The van der Waals surface area contributed by atoms with E-state index in [0.29, 0.717) is 21.7 Å². The molecule has 25 heavy (non-hydrogen) atoms. The van der Waals surface area contributed by atoms with Crippen molar-refractivity contribution < 1.29 is 4.74 Å². The van der Waals surface area contributed by atoms with Gasteiger partial charge in [-0.2, -0.15) is 0 Å². The summed E-state index contributed by atoms with van der Waals surface area (Å²) in [6, 6.07) is 7.18. The van der Waals surface area contributed by atoms with E-state index in [2.05, 4.69) is 25.5 Å². The maximum atomic E-state index is 6.21. The molecule has 0 atom stereocenters. The van der Waals surface area contributed by atoms with Crippen molar-refractivity contribution in [3.05, 3.63) is 40.1 Å². The van der Waals surface area contributed by atoms with Crippen molar-refractivity contribution in [1.82, 2.24) is 14.9 Å². The number of halogens is 2. The van der Waals surface area contributed by atoms with E-state index < -0.39 is 0 Å². The molecule has 2 aromatic rings. The average molecular weight is 382 g/mol. The number of nitrogens with zero attached hydrogens (tertiary/aromatic N) is 3. The van der Waals surface area contributed by atoms with Crippen LogP contribution in [0.1, 0.15) is 5.82 Å². The maximum Gasteiger partial charge on any atom is 0.136 e. The van der Waals surface area contributed by atoms with Crippen LogP contribution >= 0.6 is 23.2 Å². The monoisotopic (exact) mass is 381 g/mol. The molecule has 0 aliphatic carbocycles. The smallest absolute Gasteiger partial charge is 0.136 e. The molecule has 1 saturated heterocycles. The minimum atomic E-state index is 0.547. The third-order valence-electron chi connectivity index (χ3n) is 3.87. The van der Waals surface area contributed by atoms with Gasteiger partial charge in [0, 0.05) is 37.3 Å². The lowest BCUT2D eigenvalue weighted by Gasteiger charge is -2.26. The second-order valence-corrected chi connectivity index (χ2v) is 6.66. The van der Waals surface area contributed by atoms with Gasteiger partial charge in [0.25, 0.3) is 0 Å². The molecule has 1 aliphatic heterocycles. The first-order chi connectivity index (χ1) is 12.1. The molecular formula is C17H21Cl2N5O. The van der Waals surface area contributed by atoms with E-state index in [0.717, 1.165) is 50.9 Å². The van der Waals surface area contributed by atoms with Crippen molar-refractivity contribution in [3.63, 3.8) is 0 Å². The quantitative estimate of drug-likeness (QED) is 0.797. The lowest BCUT2D eigenvalue weighted by molar-refractivity contribution is 0.0398. The third-order valence-corrected chi connectivity index (χ3v) is 4.42. The minimum Gasteiger partial charge on any atom is -0.379 e. The van der Waals surface area contributed by atoms with Crippen LogP contribution in [0.5, 0.6) is 0 Å². The fourth-order valence-corrected chi connectivity index (χ4v) is 3.07. The summed E-state index contributed by atoms with van der Waals surface area (Å²) in [4.78, 5) is 11.2. The largest absolute Gasteiger partial charge is 0.379 e. The van der Waals surface area contributed by atoms with Gasteiger partial charge in [-0.3, -0.25) is 4.90 Å². The number of anilines is 3. The van der Waals surface area contributed by atoms with Gasteiger partial charge in [0.1, 0.15) is 17.5 Å². The van der Waals surface area contributed by atoms with E-state index in [4.69, 9.17) is 27.9 Å². The zero-order chi connectivity index (χ0) is 17.6. The van der Waals surface area contributed by atoms with Crippen LogP contribution in [-0.2, 0) is 4.74 Å². The number of rotatable bonds is 6. The second-order valence-electron chi connectivity index (χ2n) is 5.82. The summed E-state index contributed by atoms with van der Waals surface area (Å²) in [5, 5.41) is 7.71. The Morgan fingerprint density at radius 1 is 1.12 bits per heavy atom. The molecule has 3 rings (SSSR count). The molecule has 8 heteroatoms. The standard InChI is InChI=1S/C17H21Cl2N5O/c1-12-21-16(20-4-5-24-6-8-25-9-7-24)11-17(22-12)23-15-3-2-13(18)10-14(15)19/h2-3,10-11H,4-9H2,1H3,(H2,20,21,22,23). The van der Waals surface area contributed by atoms with Crippen molar-refractivity contribution in [2.75, 3.05) is 50.0 Å². The molecule has 0 spiro atoms. The normalized spacial score (nSPS) is 15.2. The summed E-state index contributed by atoms with van der Waals surface area (Å²) < 4.78 is 5.36. The van der Waals surface area contributed by atoms with Gasteiger partial charge in [-0.05, 0) is 25.1 Å². The number of nitrogens with one attached hydrogen (secondary N) is 2. The maximum absolute atomic E-state index is 6.21. The molecule has 2 N–H and O–H groups in total. The molecule has 0 unspecified atom stereocenters. The van der Waals surface area contributed by atoms with Crippen LogP contribution in [-0.4, -0.2) is 54.3 Å². The molecular weight excluding hydrogens is 361 g/mol. The van der Waals surface area contributed by atoms with E-state index in [9.17, 15) is 0 Å². The number of morpholine rings is 1. The molecule has 2 heterocycles. The Hall–Kier alpha value is -1.60. The van der Waals surface area contributed by atoms with Gasteiger partial charge in [-0.1, -0.05) is 23.2 Å². The first kappa shape index (κ1) is 18.2. The Labute approximate surface area is 157 Å². The Bertz CT molecular complexity index is 722. The highest BCUT2D eigenvalue weighted by Gasteiger charge is 2.10. The van der Waals surface area contributed by atoms with E-state index in [1.807, 2.05) is 19.1 Å². The van der Waals surface area contributed by atoms with Crippen LogP contribution in [0, 0.1) is 6.92 Å². The second kappa shape index (κ2) is 8.67. The van der Waals surface area contributed by atoms with Crippen molar-refractivity contribution in [2.45, 2.75) is 6.92 Å². The third kappa shape index (κ3) is 5.44. The van der Waals surface area contributed by atoms with Crippen LogP contribution in [0.15, 0.2) is 24.3 Å². The lowest BCUT2D eigenvalue weighted by atomic mass is 10.3. The molecule has 1 aromatic heterocycles. The highest BCUT2D eigenvalue weighted by Crippen LogP contribution is 2.28. The molecule has 134 valence electrons. The summed E-state index contributed by atoms with van der Waals surface area (Å²) in [6.07, 6.45) is 0. The van der Waals surface area contributed by atoms with Gasteiger partial charge in [-0.15, -0.1) is 0 Å². The van der Waals surface area contributed by atoms with Gasteiger partial charge in [0.15, 0.2) is 0 Å². The number of hydrogen-bond acceptors (Lipinski definition) is 6. The first-order valence-electron chi connectivity index (χ1n) is 8.22. The Balaban J connectivity index is 1.61. The summed E-state index contributed by atoms with van der Waals surface area (Å²) in [6.45, 7) is 7.21. The molecule has 0 saturated carbocycles. The van der Waals surface area contributed by atoms with Crippen molar-refractivity contribution >= 4 is 40.5 Å². The molecule has 1 aliphatic rings. The van der Waals surface area contributed by atoms with Crippen LogP contribution < -0.4 is 10.6 Å². The molecule has 0 radical (unpaired) electrons. The predicted molar refractivity (Wildman–Crippen MR) is 102 cm³/mol. The van der Waals surface area contributed by atoms with Gasteiger partial charge < -0.3 is 15.4 Å². The van der Waals surface area contributed by atoms with E-state index in [1.165, 1.54) is 0 Å². The van der Waals surface area contributed by atoms with E-state index in [1.54, 1.807) is 12.1 Å². The summed E-state index contributed by atoms with van der Waals surface area (Å²) in [5.41, 5.74) is 0.753. The fourth-order valence-electron chi connectivity index (χ4n) is 2.62. The van der Waals surface area contributed by atoms with Gasteiger partial charge in [0.05, 0.1) is 23.9 Å². The van der Waals surface area contributed by atoms with E-state index >= 15 is 0 Å². The van der Waals surface area contributed by atoms with Crippen LogP contribution in [0.25, 0.3) is 0 Å². The van der Waals surface area contributed by atoms with Crippen molar-refractivity contribution in [2.24, 2.45) is 0 Å². The van der Waals surface area contributed by atoms with Gasteiger partial charge >= 0.3 is 0 Å². The first-order valence-corrected chi connectivity index (χ1v) is 8.97. The highest BCUT2D eigenvalue weighted by atomic mass is 35.5. The molecule has 0 bridgehead atoms. The van der Waals surface area contributed by atoms with E-state index in [-0.39, 0.29) is 0 Å². The van der Waals surface area contributed by atoms with Crippen molar-refractivity contribution in [1.29, 1.82) is 0 Å². The topological polar surface area (TPSA) is 62.3 Å². The zero-order valence-corrected chi connectivity index (χ0v) is 15.6. The Morgan fingerprint density at radius 2 is 1.88 bits per heavy atom. The number of hydrogen-bond donors (Lipinski definition) is 2. The zero-order valence-electron chi connectivity index (χ0n) is 14.1.